The number of aromatic carboxylic acids is 1. The molecule has 2 aromatic heterocycles. The molecule has 36 heavy (non-hydrogen) atoms. The van der Waals surface area contributed by atoms with E-state index in [0.29, 0.717) is 30.8 Å². The first kappa shape index (κ1) is 22.4. The largest absolute Gasteiger partial charge is 0.477 e. The number of rotatable bonds is 6. The lowest BCUT2D eigenvalue weighted by molar-refractivity contribution is 0.0695. The molecule has 0 radical (unpaired) electrons. The van der Waals surface area contributed by atoms with E-state index < -0.39 is 17.2 Å². The fraction of sp³-hybridized carbons (Fsp3) is 0.308. The van der Waals surface area contributed by atoms with Crippen LogP contribution in [0.3, 0.4) is 0 Å². The van der Waals surface area contributed by atoms with E-state index in [1.165, 1.54) is 12.3 Å². The van der Waals surface area contributed by atoms with Gasteiger partial charge in [0.2, 0.25) is 5.43 Å². The van der Waals surface area contributed by atoms with Gasteiger partial charge < -0.3 is 14.6 Å². The molecule has 184 valence electrons. The summed E-state index contributed by atoms with van der Waals surface area (Å²) in [6.07, 6.45) is 5.16. The molecule has 0 unspecified atom stereocenters. The molecule has 0 atom stereocenters. The number of hydrogen-bond acceptors (Lipinski definition) is 6. The highest BCUT2D eigenvalue weighted by Crippen LogP contribution is 2.38. The third-order valence-electron chi connectivity index (χ3n) is 6.93. The van der Waals surface area contributed by atoms with Crippen molar-refractivity contribution in [2.24, 2.45) is 0 Å². The number of nitrogens with zero attached hydrogens (tertiary/aromatic N) is 6. The van der Waals surface area contributed by atoms with Crippen molar-refractivity contribution in [3.8, 4) is 5.69 Å². The summed E-state index contributed by atoms with van der Waals surface area (Å²) in [5.41, 5.74) is 1.88. The molecule has 1 aliphatic carbocycles. The molecular weight excluding hydrogens is 463 g/mol. The second-order valence-corrected chi connectivity index (χ2v) is 9.39. The molecule has 1 saturated carbocycles. The molecule has 6 rings (SSSR count). The maximum atomic E-state index is 15.2. The summed E-state index contributed by atoms with van der Waals surface area (Å²) in [5, 5.41) is 18.1. The van der Waals surface area contributed by atoms with E-state index in [1.807, 2.05) is 46.0 Å². The predicted octanol–water partition coefficient (Wildman–Crippen LogP) is 3.08. The lowest BCUT2D eigenvalue weighted by Crippen LogP contribution is -2.46. The Kier molecular flexibility index (Phi) is 5.52. The van der Waals surface area contributed by atoms with E-state index in [1.54, 1.807) is 10.7 Å². The van der Waals surface area contributed by atoms with Crippen LogP contribution in [0.25, 0.3) is 16.6 Å². The first-order valence-electron chi connectivity index (χ1n) is 12.0. The number of carboxylic acid groups (broad SMARTS) is 1. The van der Waals surface area contributed by atoms with Crippen LogP contribution in [0, 0.1) is 5.82 Å². The number of halogens is 1. The highest BCUT2D eigenvalue weighted by atomic mass is 19.1. The molecule has 2 aliphatic rings. The molecule has 1 aliphatic heterocycles. The Morgan fingerprint density at radius 3 is 2.50 bits per heavy atom. The SMILES string of the molecule is O=C(O)c1cn(C2CC2)c2cc(N3CCN(Cc4cn(-c5ccccc5)nn4)CC3)c(F)cc2c1=O. The van der Waals surface area contributed by atoms with Gasteiger partial charge in [0.1, 0.15) is 11.4 Å². The summed E-state index contributed by atoms with van der Waals surface area (Å²) in [7, 11) is 0. The first-order valence-corrected chi connectivity index (χ1v) is 12.0. The van der Waals surface area contributed by atoms with Crippen LogP contribution in [-0.2, 0) is 6.54 Å². The molecule has 2 aromatic carbocycles. The second-order valence-electron chi connectivity index (χ2n) is 9.39. The molecule has 0 amide bonds. The molecule has 0 bridgehead atoms. The topological polar surface area (TPSA) is 96.5 Å². The molecule has 4 aromatic rings. The van der Waals surface area contributed by atoms with Gasteiger partial charge in [0.05, 0.1) is 28.8 Å². The van der Waals surface area contributed by atoms with Crippen LogP contribution < -0.4 is 10.3 Å². The number of anilines is 1. The van der Waals surface area contributed by atoms with Crippen molar-refractivity contribution >= 4 is 22.6 Å². The van der Waals surface area contributed by atoms with Crippen molar-refractivity contribution in [2.75, 3.05) is 31.1 Å². The van der Waals surface area contributed by atoms with Crippen LogP contribution in [0.15, 0.2) is 59.7 Å². The maximum Gasteiger partial charge on any atom is 0.341 e. The quantitative estimate of drug-likeness (QED) is 0.446. The van der Waals surface area contributed by atoms with Gasteiger partial charge in [-0.25, -0.2) is 13.9 Å². The number of carboxylic acids is 1. The number of benzene rings is 2. The average molecular weight is 489 g/mol. The van der Waals surface area contributed by atoms with Crippen molar-refractivity contribution in [2.45, 2.75) is 25.4 Å². The Bertz CT molecular complexity index is 1500. The molecule has 1 N–H and O–H groups in total. The van der Waals surface area contributed by atoms with Crippen molar-refractivity contribution in [1.82, 2.24) is 24.5 Å². The second kappa shape index (κ2) is 8.87. The van der Waals surface area contributed by atoms with E-state index in [0.717, 1.165) is 37.3 Å². The van der Waals surface area contributed by atoms with Gasteiger partial charge in [0, 0.05) is 50.3 Å². The number of para-hydroxylation sites is 1. The standard InChI is InChI=1S/C26H25FN6O3/c27-22-12-20-23(32(18-6-7-18)16-21(25(20)34)26(35)36)13-24(22)31-10-8-30(9-11-31)14-17-15-33(29-28-17)19-4-2-1-3-5-19/h1-5,12-13,15-16,18H,6-11,14H2,(H,35,36). The highest BCUT2D eigenvalue weighted by Gasteiger charge is 2.28. The fourth-order valence-corrected chi connectivity index (χ4v) is 4.86. The average Bonchev–Trinajstić information content (AvgIpc) is 3.63. The van der Waals surface area contributed by atoms with Crippen LogP contribution >= 0.6 is 0 Å². The van der Waals surface area contributed by atoms with Gasteiger partial charge in [-0.1, -0.05) is 23.4 Å². The number of aromatic nitrogens is 4. The number of piperazine rings is 1. The summed E-state index contributed by atoms with van der Waals surface area (Å²) in [5.74, 6) is -1.80. The minimum atomic E-state index is -1.29. The van der Waals surface area contributed by atoms with E-state index >= 15 is 4.39 Å². The van der Waals surface area contributed by atoms with Gasteiger partial charge in [-0.3, -0.25) is 9.69 Å². The minimum Gasteiger partial charge on any atom is -0.477 e. The number of fused-ring (bicyclic) bond motifs is 1. The summed E-state index contributed by atoms with van der Waals surface area (Å²) in [4.78, 5) is 28.5. The smallest absolute Gasteiger partial charge is 0.341 e. The predicted molar refractivity (Wildman–Crippen MR) is 132 cm³/mol. The van der Waals surface area contributed by atoms with Crippen LogP contribution in [0.5, 0.6) is 0 Å². The molecular formula is C26H25FN6O3. The Labute approximate surface area is 206 Å². The summed E-state index contributed by atoms with van der Waals surface area (Å²) in [6.45, 7) is 3.35. The van der Waals surface area contributed by atoms with Gasteiger partial charge in [-0.05, 0) is 37.1 Å². The first-order chi connectivity index (χ1) is 17.5. The zero-order chi connectivity index (χ0) is 24.8. The monoisotopic (exact) mass is 488 g/mol. The minimum absolute atomic E-state index is 0.114. The van der Waals surface area contributed by atoms with Crippen LogP contribution in [0.4, 0.5) is 10.1 Å². The summed E-state index contributed by atoms with van der Waals surface area (Å²) >= 11 is 0. The number of hydrogen-bond donors (Lipinski definition) is 1. The molecule has 9 nitrogen and oxygen atoms in total. The number of carbonyl (C=O) groups is 1. The zero-order valence-corrected chi connectivity index (χ0v) is 19.5. The third kappa shape index (κ3) is 4.13. The molecule has 10 heteroatoms. The summed E-state index contributed by atoms with van der Waals surface area (Å²) < 4.78 is 18.8. The van der Waals surface area contributed by atoms with Crippen LogP contribution in [0.1, 0.15) is 34.9 Å². The Hall–Kier alpha value is -4.05. The highest BCUT2D eigenvalue weighted by molar-refractivity contribution is 5.93. The molecule has 0 spiro atoms. The van der Waals surface area contributed by atoms with Gasteiger partial charge in [0.25, 0.3) is 0 Å². The lowest BCUT2D eigenvalue weighted by atomic mass is 10.1. The van der Waals surface area contributed by atoms with Crippen molar-refractivity contribution in [3.63, 3.8) is 0 Å². The normalized spacial score (nSPS) is 16.5. The maximum absolute atomic E-state index is 15.2. The van der Waals surface area contributed by atoms with Gasteiger partial charge in [-0.15, -0.1) is 5.10 Å². The zero-order valence-electron chi connectivity index (χ0n) is 19.5. The van der Waals surface area contributed by atoms with Gasteiger partial charge >= 0.3 is 5.97 Å². The lowest BCUT2D eigenvalue weighted by Gasteiger charge is -2.36. The number of pyridine rings is 1. The van der Waals surface area contributed by atoms with Crippen LogP contribution in [-0.4, -0.2) is 61.7 Å². The Morgan fingerprint density at radius 2 is 1.81 bits per heavy atom. The fourth-order valence-electron chi connectivity index (χ4n) is 4.86. The van der Waals surface area contributed by atoms with E-state index in [4.69, 9.17) is 0 Å². The van der Waals surface area contributed by atoms with Gasteiger partial charge in [-0.2, -0.15) is 0 Å². The molecule has 3 heterocycles. The van der Waals surface area contributed by atoms with Crippen molar-refractivity contribution in [3.05, 3.63) is 82.2 Å². The van der Waals surface area contributed by atoms with E-state index in [9.17, 15) is 14.7 Å². The van der Waals surface area contributed by atoms with Crippen molar-refractivity contribution < 1.29 is 14.3 Å². The van der Waals surface area contributed by atoms with E-state index in [-0.39, 0.29) is 17.0 Å². The van der Waals surface area contributed by atoms with Crippen molar-refractivity contribution in [1.29, 1.82) is 0 Å². The molecule has 2 fully saturated rings. The van der Waals surface area contributed by atoms with E-state index in [2.05, 4.69) is 15.2 Å². The third-order valence-corrected chi connectivity index (χ3v) is 6.93. The van der Waals surface area contributed by atoms with Gasteiger partial charge in [0.15, 0.2) is 0 Å². The Morgan fingerprint density at radius 1 is 1.06 bits per heavy atom. The van der Waals surface area contributed by atoms with Crippen LogP contribution in [0.2, 0.25) is 0 Å². The summed E-state index contributed by atoms with van der Waals surface area (Å²) in [6, 6.07) is 12.9. The molecule has 1 saturated heterocycles. The Balaban J connectivity index is 1.20.